The van der Waals surface area contributed by atoms with Crippen LogP contribution >= 0.6 is 27.5 Å². The van der Waals surface area contributed by atoms with Gasteiger partial charge in [-0.3, -0.25) is 4.79 Å². The van der Waals surface area contributed by atoms with Crippen LogP contribution in [0.25, 0.3) is 0 Å². The fraction of sp³-hybridized carbons (Fsp3) is 0.500. The van der Waals surface area contributed by atoms with Crippen molar-refractivity contribution in [1.82, 2.24) is 5.32 Å². The molecule has 0 aliphatic heterocycles. The molecule has 1 aromatic carbocycles. The number of amides is 1. The largest absolute Gasteiger partial charge is 0.391 e. The number of benzene rings is 1. The summed E-state index contributed by atoms with van der Waals surface area (Å²) in [6, 6.07) is 5.13. The Bertz CT molecular complexity index is 461. The van der Waals surface area contributed by atoms with Gasteiger partial charge in [0.25, 0.3) is 5.91 Å². The van der Waals surface area contributed by atoms with Gasteiger partial charge in [0.1, 0.15) is 0 Å². The average molecular weight is 347 g/mol. The van der Waals surface area contributed by atoms with Crippen molar-refractivity contribution in [2.24, 2.45) is 5.92 Å². The van der Waals surface area contributed by atoms with Crippen LogP contribution in [0.15, 0.2) is 22.7 Å². The Hall–Kier alpha value is -0.580. The zero-order valence-electron chi connectivity index (χ0n) is 10.5. The lowest BCUT2D eigenvalue weighted by Gasteiger charge is -2.18. The predicted molar refractivity (Wildman–Crippen MR) is 79.5 cm³/mol. The summed E-state index contributed by atoms with van der Waals surface area (Å²) in [6.07, 6.45) is 4.00. The molecule has 2 rings (SSSR count). The van der Waals surface area contributed by atoms with E-state index < -0.39 is 6.10 Å². The molecule has 104 valence electrons. The molecular formula is C14H17BrClNO2. The molecule has 1 fully saturated rings. The van der Waals surface area contributed by atoms with E-state index in [2.05, 4.69) is 21.2 Å². The van der Waals surface area contributed by atoms with Crippen molar-refractivity contribution in [2.75, 3.05) is 6.54 Å². The number of hydrogen-bond acceptors (Lipinski definition) is 2. The highest BCUT2D eigenvalue weighted by Gasteiger charge is 2.23. The summed E-state index contributed by atoms with van der Waals surface area (Å²) in [5.41, 5.74) is 0.434. The van der Waals surface area contributed by atoms with Gasteiger partial charge >= 0.3 is 0 Å². The Morgan fingerprint density at radius 2 is 2.16 bits per heavy atom. The van der Waals surface area contributed by atoms with E-state index in [4.69, 9.17) is 11.6 Å². The summed E-state index contributed by atoms with van der Waals surface area (Å²) in [5, 5.41) is 13.2. The van der Waals surface area contributed by atoms with E-state index in [9.17, 15) is 9.90 Å². The Balaban J connectivity index is 1.90. The summed E-state index contributed by atoms with van der Waals surface area (Å²) in [6.45, 7) is 0.288. The molecule has 1 atom stereocenters. The highest BCUT2D eigenvalue weighted by Crippen LogP contribution is 2.27. The zero-order chi connectivity index (χ0) is 13.8. The number of carbonyl (C=O) groups is 1. The summed E-state index contributed by atoms with van der Waals surface area (Å²) >= 11 is 9.31. The number of nitrogens with one attached hydrogen (secondary N) is 1. The number of aliphatic hydroxyl groups excluding tert-OH is 1. The molecule has 0 aromatic heterocycles. The molecule has 0 bridgehead atoms. The number of carbonyl (C=O) groups excluding carboxylic acids is 1. The first-order valence-corrected chi connectivity index (χ1v) is 7.66. The van der Waals surface area contributed by atoms with Crippen LogP contribution in [-0.2, 0) is 0 Å². The van der Waals surface area contributed by atoms with Crippen molar-refractivity contribution in [2.45, 2.75) is 31.8 Å². The van der Waals surface area contributed by atoms with Gasteiger partial charge in [-0.1, -0.05) is 40.4 Å². The van der Waals surface area contributed by atoms with Crippen LogP contribution in [0.2, 0.25) is 5.02 Å². The van der Waals surface area contributed by atoms with E-state index in [0.29, 0.717) is 16.5 Å². The molecular weight excluding hydrogens is 330 g/mol. The third-order valence-corrected chi connectivity index (χ3v) is 4.40. The first kappa shape index (κ1) is 14.8. The van der Waals surface area contributed by atoms with Gasteiger partial charge in [-0.05, 0) is 37.0 Å². The number of halogens is 2. The summed E-state index contributed by atoms with van der Waals surface area (Å²) in [5.74, 6) is 0.0789. The monoisotopic (exact) mass is 345 g/mol. The molecule has 0 heterocycles. The minimum Gasteiger partial charge on any atom is -0.391 e. The summed E-state index contributed by atoms with van der Waals surface area (Å²) in [4.78, 5) is 12.0. The van der Waals surface area contributed by atoms with E-state index >= 15 is 0 Å². The van der Waals surface area contributed by atoms with Crippen LogP contribution in [0.3, 0.4) is 0 Å². The molecule has 19 heavy (non-hydrogen) atoms. The van der Waals surface area contributed by atoms with E-state index in [1.54, 1.807) is 18.2 Å². The molecule has 1 saturated carbocycles. The molecule has 3 nitrogen and oxygen atoms in total. The molecule has 0 saturated heterocycles. The number of rotatable bonds is 4. The van der Waals surface area contributed by atoms with Gasteiger partial charge in [-0.25, -0.2) is 0 Å². The Labute approximate surface area is 126 Å². The lowest BCUT2D eigenvalue weighted by Crippen LogP contribution is -2.35. The molecule has 5 heteroatoms. The fourth-order valence-corrected chi connectivity index (χ4v) is 3.23. The molecule has 1 amide bonds. The number of aliphatic hydroxyl groups is 1. The van der Waals surface area contributed by atoms with Crippen molar-refractivity contribution in [3.63, 3.8) is 0 Å². The topological polar surface area (TPSA) is 49.3 Å². The lowest BCUT2D eigenvalue weighted by atomic mass is 10.0. The van der Waals surface area contributed by atoms with Gasteiger partial charge in [0.05, 0.1) is 16.7 Å². The lowest BCUT2D eigenvalue weighted by molar-refractivity contribution is 0.0840. The second-order valence-corrected chi connectivity index (χ2v) is 6.27. The zero-order valence-corrected chi connectivity index (χ0v) is 12.9. The molecule has 1 aliphatic carbocycles. The second kappa shape index (κ2) is 6.73. The Morgan fingerprint density at radius 1 is 1.47 bits per heavy atom. The van der Waals surface area contributed by atoms with Gasteiger partial charge in [0.15, 0.2) is 0 Å². The molecule has 0 spiro atoms. The smallest absolute Gasteiger partial charge is 0.252 e. The van der Waals surface area contributed by atoms with Crippen LogP contribution in [0.5, 0.6) is 0 Å². The van der Waals surface area contributed by atoms with Crippen LogP contribution in [0, 0.1) is 5.92 Å². The quantitative estimate of drug-likeness (QED) is 0.878. The summed E-state index contributed by atoms with van der Waals surface area (Å²) in [7, 11) is 0. The Morgan fingerprint density at radius 3 is 2.79 bits per heavy atom. The maximum Gasteiger partial charge on any atom is 0.252 e. The van der Waals surface area contributed by atoms with E-state index in [-0.39, 0.29) is 12.5 Å². The predicted octanol–water partition coefficient (Wildman–Crippen LogP) is 3.38. The van der Waals surface area contributed by atoms with E-state index in [1.165, 1.54) is 12.8 Å². The van der Waals surface area contributed by atoms with Crippen molar-refractivity contribution in [3.8, 4) is 0 Å². The normalized spacial score (nSPS) is 17.4. The van der Waals surface area contributed by atoms with Crippen LogP contribution in [-0.4, -0.2) is 23.7 Å². The average Bonchev–Trinajstić information content (AvgIpc) is 2.89. The highest BCUT2D eigenvalue weighted by atomic mass is 79.9. The molecule has 2 N–H and O–H groups in total. The summed E-state index contributed by atoms with van der Waals surface area (Å²) < 4.78 is 0.833. The van der Waals surface area contributed by atoms with Gasteiger partial charge < -0.3 is 10.4 Å². The first-order chi connectivity index (χ1) is 9.08. The minimum absolute atomic E-state index is 0.241. The van der Waals surface area contributed by atoms with Crippen molar-refractivity contribution in [3.05, 3.63) is 33.3 Å². The second-order valence-electron chi connectivity index (χ2n) is 4.95. The van der Waals surface area contributed by atoms with Crippen molar-refractivity contribution < 1.29 is 9.90 Å². The van der Waals surface area contributed by atoms with Crippen LogP contribution in [0.4, 0.5) is 0 Å². The first-order valence-electron chi connectivity index (χ1n) is 6.49. The third kappa shape index (κ3) is 3.94. The third-order valence-electron chi connectivity index (χ3n) is 3.59. The molecule has 1 unspecified atom stereocenters. The van der Waals surface area contributed by atoms with Crippen molar-refractivity contribution in [1.29, 1.82) is 0 Å². The molecule has 1 aliphatic rings. The SMILES string of the molecule is O=C(NCC(O)C1CCCC1)c1ccc(Br)cc1Cl. The van der Waals surface area contributed by atoms with Gasteiger partial charge in [-0.15, -0.1) is 0 Å². The minimum atomic E-state index is -0.458. The van der Waals surface area contributed by atoms with E-state index in [1.807, 2.05) is 0 Å². The highest BCUT2D eigenvalue weighted by molar-refractivity contribution is 9.10. The van der Waals surface area contributed by atoms with Crippen LogP contribution in [0.1, 0.15) is 36.0 Å². The van der Waals surface area contributed by atoms with Gasteiger partial charge in [0.2, 0.25) is 0 Å². The maximum absolute atomic E-state index is 12.0. The van der Waals surface area contributed by atoms with E-state index in [0.717, 1.165) is 17.3 Å². The van der Waals surface area contributed by atoms with Crippen molar-refractivity contribution >= 4 is 33.4 Å². The van der Waals surface area contributed by atoms with Gasteiger partial charge in [0, 0.05) is 11.0 Å². The molecule has 0 radical (unpaired) electrons. The standard InChI is InChI=1S/C14H17BrClNO2/c15-10-5-6-11(12(16)7-10)14(19)17-8-13(18)9-3-1-2-4-9/h5-7,9,13,18H,1-4,8H2,(H,17,19). The maximum atomic E-state index is 12.0. The number of hydrogen-bond donors (Lipinski definition) is 2. The Kier molecular flexibility index (Phi) is 5.25. The molecule has 1 aromatic rings. The van der Waals surface area contributed by atoms with Crippen LogP contribution < -0.4 is 5.32 Å². The fourth-order valence-electron chi connectivity index (χ4n) is 2.47. The van der Waals surface area contributed by atoms with Gasteiger partial charge in [-0.2, -0.15) is 0 Å².